The maximum absolute atomic E-state index is 11.9. The van der Waals surface area contributed by atoms with Crippen molar-refractivity contribution in [2.75, 3.05) is 37.7 Å². The summed E-state index contributed by atoms with van der Waals surface area (Å²) in [5.74, 6) is -0.334. The number of piperazine rings is 1. The fraction of sp³-hybridized carbons (Fsp3) is 0.529. The van der Waals surface area contributed by atoms with Gasteiger partial charge in [0.05, 0.1) is 18.3 Å². The highest BCUT2D eigenvalue weighted by Crippen LogP contribution is 2.24. The minimum atomic E-state index is -0.334. The molecule has 0 bridgehead atoms. The summed E-state index contributed by atoms with van der Waals surface area (Å²) in [7, 11) is 0. The highest BCUT2D eigenvalue weighted by atomic mass is 79.9. The predicted molar refractivity (Wildman–Crippen MR) is 95.5 cm³/mol. The van der Waals surface area contributed by atoms with Gasteiger partial charge in [0.15, 0.2) is 0 Å². The van der Waals surface area contributed by atoms with E-state index in [-0.39, 0.29) is 18.2 Å². The van der Waals surface area contributed by atoms with Crippen LogP contribution in [0.25, 0.3) is 0 Å². The van der Waals surface area contributed by atoms with Crippen molar-refractivity contribution >= 4 is 33.7 Å². The Morgan fingerprint density at radius 3 is 2.42 bits per heavy atom. The zero-order valence-electron chi connectivity index (χ0n) is 14.3. The summed E-state index contributed by atoms with van der Waals surface area (Å²) in [6, 6.07) is 5.54. The fourth-order valence-corrected chi connectivity index (χ4v) is 2.99. The molecule has 132 valence electrons. The predicted octanol–water partition coefficient (Wildman–Crippen LogP) is 3.29. The van der Waals surface area contributed by atoms with Crippen LogP contribution >= 0.6 is 15.9 Å². The van der Waals surface area contributed by atoms with Crippen molar-refractivity contribution in [3.63, 3.8) is 0 Å². The van der Waals surface area contributed by atoms with Crippen molar-refractivity contribution in [2.45, 2.75) is 26.9 Å². The minimum Gasteiger partial charge on any atom is -0.462 e. The number of benzene rings is 1. The highest BCUT2D eigenvalue weighted by Gasteiger charge is 2.23. The lowest BCUT2D eigenvalue weighted by atomic mass is 10.1. The quantitative estimate of drug-likeness (QED) is 0.728. The molecule has 1 aliphatic rings. The van der Waals surface area contributed by atoms with E-state index < -0.39 is 0 Å². The van der Waals surface area contributed by atoms with Crippen molar-refractivity contribution in [3.8, 4) is 0 Å². The zero-order chi connectivity index (χ0) is 17.7. The molecular weight excluding hydrogens is 376 g/mol. The van der Waals surface area contributed by atoms with Crippen LogP contribution in [0.1, 0.15) is 31.1 Å². The van der Waals surface area contributed by atoms with E-state index in [0.29, 0.717) is 38.3 Å². The largest absolute Gasteiger partial charge is 0.462 e. The molecule has 0 saturated carbocycles. The van der Waals surface area contributed by atoms with Crippen molar-refractivity contribution in [3.05, 3.63) is 28.2 Å². The second kappa shape index (κ2) is 8.37. The van der Waals surface area contributed by atoms with E-state index in [2.05, 4.69) is 20.8 Å². The van der Waals surface area contributed by atoms with Gasteiger partial charge in [-0.05, 0) is 39.0 Å². The van der Waals surface area contributed by atoms with Crippen LogP contribution in [0.5, 0.6) is 0 Å². The van der Waals surface area contributed by atoms with E-state index in [1.165, 1.54) is 0 Å². The van der Waals surface area contributed by atoms with Crippen LogP contribution in [0.3, 0.4) is 0 Å². The summed E-state index contributed by atoms with van der Waals surface area (Å²) in [6.45, 7) is 8.36. The molecule has 1 aromatic carbocycles. The maximum Gasteiger partial charge on any atom is 0.410 e. The summed E-state index contributed by atoms with van der Waals surface area (Å²) in [5, 5.41) is 0. The number of hydrogen-bond donors (Lipinski definition) is 0. The van der Waals surface area contributed by atoms with E-state index in [1.807, 2.05) is 26.0 Å². The standard InChI is InChI=1S/C17H23BrN2O4/c1-4-23-16(21)13-9-14(18)11-15(10-13)19-5-7-20(8-6-19)17(22)24-12(2)3/h9-12H,4-8H2,1-3H3. The van der Waals surface area contributed by atoms with Crippen LogP contribution in [0.4, 0.5) is 10.5 Å². The Balaban J connectivity index is 2.03. The molecule has 0 unspecified atom stereocenters. The first kappa shape index (κ1) is 18.6. The summed E-state index contributed by atoms with van der Waals surface area (Å²) >= 11 is 3.44. The number of esters is 1. The molecule has 6 nitrogen and oxygen atoms in total. The van der Waals surface area contributed by atoms with Crippen LogP contribution < -0.4 is 4.90 Å². The van der Waals surface area contributed by atoms with Gasteiger partial charge in [-0.25, -0.2) is 9.59 Å². The third-order valence-electron chi connectivity index (χ3n) is 3.63. The number of halogens is 1. The molecule has 1 heterocycles. The van der Waals surface area contributed by atoms with E-state index in [1.54, 1.807) is 17.9 Å². The van der Waals surface area contributed by atoms with Gasteiger partial charge in [-0.15, -0.1) is 0 Å². The Kier molecular flexibility index (Phi) is 6.48. The Morgan fingerprint density at radius 2 is 1.83 bits per heavy atom. The third kappa shape index (κ3) is 4.87. The molecule has 7 heteroatoms. The molecule has 0 atom stereocenters. The Hall–Kier alpha value is -1.76. The Morgan fingerprint density at radius 1 is 1.17 bits per heavy atom. The number of ether oxygens (including phenoxy) is 2. The average Bonchev–Trinajstić information content (AvgIpc) is 2.54. The van der Waals surface area contributed by atoms with Gasteiger partial charge < -0.3 is 19.3 Å². The van der Waals surface area contributed by atoms with Gasteiger partial charge in [0, 0.05) is 36.3 Å². The SMILES string of the molecule is CCOC(=O)c1cc(Br)cc(N2CCN(C(=O)OC(C)C)CC2)c1. The number of hydrogen-bond acceptors (Lipinski definition) is 5. The van der Waals surface area contributed by atoms with Crippen molar-refractivity contribution < 1.29 is 19.1 Å². The van der Waals surface area contributed by atoms with Crippen LogP contribution in [-0.2, 0) is 9.47 Å². The summed E-state index contributed by atoms with van der Waals surface area (Å²) in [6.07, 6.45) is -0.390. The van der Waals surface area contributed by atoms with Crippen molar-refractivity contribution in [2.24, 2.45) is 0 Å². The zero-order valence-corrected chi connectivity index (χ0v) is 15.8. The molecule has 1 aromatic rings. The van der Waals surface area contributed by atoms with E-state index in [9.17, 15) is 9.59 Å². The van der Waals surface area contributed by atoms with Gasteiger partial charge in [0.1, 0.15) is 0 Å². The van der Waals surface area contributed by atoms with Crippen molar-refractivity contribution in [1.29, 1.82) is 0 Å². The first-order chi connectivity index (χ1) is 11.4. The smallest absolute Gasteiger partial charge is 0.410 e. The second-order valence-corrected chi connectivity index (χ2v) is 6.74. The third-order valence-corrected chi connectivity index (χ3v) is 4.09. The van der Waals surface area contributed by atoms with Crippen LogP contribution in [0.15, 0.2) is 22.7 Å². The number of rotatable bonds is 4. The second-order valence-electron chi connectivity index (χ2n) is 5.83. The number of amides is 1. The molecule has 24 heavy (non-hydrogen) atoms. The lowest BCUT2D eigenvalue weighted by molar-refractivity contribution is 0.0526. The van der Waals surface area contributed by atoms with Gasteiger partial charge in [-0.2, -0.15) is 0 Å². The normalized spacial score (nSPS) is 14.7. The highest BCUT2D eigenvalue weighted by molar-refractivity contribution is 9.10. The van der Waals surface area contributed by atoms with Crippen LogP contribution in [0, 0.1) is 0 Å². The van der Waals surface area contributed by atoms with Gasteiger partial charge in [0.2, 0.25) is 0 Å². The molecule has 1 amide bonds. The summed E-state index contributed by atoms with van der Waals surface area (Å²) < 4.78 is 11.1. The molecular formula is C17H23BrN2O4. The van der Waals surface area contributed by atoms with E-state index in [0.717, 1.165) is 10.2 Å². The Labute approximate surface area is 150 Å². The number of carbonyl (C=O) groups is 2. The van der Waals surface area contributed by atoms with E-state index in [4.69, 9.17) is 9.47 Å². The molecule has 1 saturated heterocycles. The van der Waals surface area contributed by atoms with Crippen LogP contribution in [-0.4, -0.2) is 55.9 Å². The molecule has 0 spiro atoms. The van der Waals surface area contributed by atoms with Gasteiger partial charge in [-0.3, -0.25) is 0 Å². The molecule has 0 radical (unpaired) electrons. The summed E-state index contributed by atoms with van der Waals surface area (Å²) in [5.41, 5.74) is 1.45. The molecule has 0 N–H and O–H groups in total. The average molecular weight is 399 g/mol. The molecule has 0 aliphatic carbocycles. The number of nitrogens with zero attached hydrogens (tertiary/aromatic N) is 2. The molecule has 1 aliphatic heterocycles. The number of anilines is 1. The van der Waals surface area contributed by atoms with E-state index >= 15 is 0 Å². The van der Waals surface area contributed by atoms with Gasteiger partial charge >= 0.3 is 12.1 Å². The first-order valence-corrected chi connectivity index (χ1v) is 8.88. The summed E-state index contributed by atoms with van der Waals surface area (Å²) in [4.78, 5) is 27.7. The van der Waals surface area contributed by atoms with Crippen LogP contribution in [0.2, 0.25) is 0 Å². The monoisotopic (exact) mass is 398 g/mol. The van der Waals surface area contributed by atoms with Gasteiger partial charge in [-0.1, -0.05) is 15.9 Å². The fourth-order valence-electron chi connectivity index (χ4n) is 2.51. The molecule has 0 aromatic heterocycles. The lowest BCUT2D eigenvalue weighted by Crippen LogP contribution is -2.49. The number of carbonyl (C=O) groups excluding carboxylic acids is 2. The minimum absolute atomic E-state index is 0.118. The molecule has 1 fully saturated rings. The topological polar surface area (TPSA) is 59.1 Å². The first-order valence-electron chi connectivity index (χ1n) is 8.09. The van der Waals surface area contributed by atoms with Crippen molar-refractivity contribution in [1.82, 2.24) is 4.90 Å². The Bertz CT molecular complexity index is 598. The van der Waals surface area contributed by atoms with Gasteiger partial charge in [0.25, 0.3) is 0 Å². The maximum atomic E-state index is 11.9. The molecule has 2 rings (SSSR count). The lowest BCUT2D eigenvalue weighted by Gasteiger charge is -2.36.